The van der Waals surface area contributed by atoms with E-state index in [2.05, 4.69) is 33.8 Å². The average Bonchev–Trinajstić information content (AvgIpc) is 2.83. The minimum atomic E-state index is -1.52. The van der Waals surface area contributed by atoms with Crippen LogP contribution in [0.3, 0.4) is 0 Å². The van der Waals surface area contributed by atoms with Crippen LogP contribution in [0.4, 0.5) is 0 Å². The average molecular weight is 517 g/mol. The Balaban J connectivity index is 1.75. The molecule has 2 heterocycles. The van der Waals surface area contributed by atoms with Crippen molar-refractivity contribution in [2.75, 3.05) is 0 Å². The maximum absolute atomic E-state index is 13.9. The molecular formula is C33H40O5. The van der Waals surface area contributed by atoms with Crippen LogP contribution in [0.1, 0.15) is 112 Å². The third kappa shape index (κ3) is 4.65. The second-order valence-corrected chi connectivity index (χ2v) is 12.0. The van der Waals surface area contributed by atoms with Gasteiger partial charge in [0.15, 0.2) is 0 Å². The van der Waals surface area contributed by atoms with Gasteiger partial charge in [-0.05, 0) is 71.9 Å². The fraction of sp³-hybridized carbons (Fsp3) is 0.515. The zero-order valence-corrected chi connectivity index (χ0v) is 23.6. The summed E-state index contributed by atoms with van der Waals surface area (Å²) in [5, 5.41) is 0. The summed E-state index contributed by atoms with van der Waals surface area (Å²) in [5.74, 6) is -0.447. The Morgan fingerprint density at radius 1 is 1.05 bits per heavy atom. The number of carbonyl (C=O) groups excluding carboxylic acids is 2. The van der Waals surface area contributed by atoms with Crippen molar-refractivity contribution in [1.29, 1.82) is 0 Å². The molecule has 0 N–H and O–H groups in total. The molecule has 2 aromatic rings. The van der Waals surface area contributed by atoms with Gasteiger partial charge in [-0.25, -0.2) is 4.79 Å². The lowest BCUT2D eigenvalue weighted by atomic mass is 9.67. The highest BCUT2D eigenvalue weighted by Crippen LogP contribution is 2.57. The van der Waals surface area contributed by atoms with Gasteiger partial charge in [-0.15, -0.1) is 0 Å². The van der Waals surface area contributed by atoms with Gasteiger partial charge in [-0.2, -0.15) is 0 Å². The number of allylic oxidation sites excluding steroid dienone is 2. The fourth-order valence-electron chi connectivity index (χ4n) is 6.50. The van der Waals surface area contributed by atoms with E-state index in [1.54, 1.807) is 0 Å². The van der Waals surface area contributed by atoms with Gasteiger partial charge in [0.2, 0.25) is 0 Å². The van der Waals surface area contributed by atoms with Crippen molar-refractivity contribution in [3.05, 3.63) is 69.8 Å². The summed E-state index contributed by atoms with van der Waals surface area (Å²) >= 11 is 0. The number of ether oxygens (including phenoxy) is 3. The van der Waals surface area contributed by atoms with E-state index in [9.17, 15) is 9.59 Å². The number of esters is 1. The van der Waals surface area contributed by atoms with Crippen LogP contribution in [0.15, 0.2) is 42.0 Å². The van der Waals surface area contributed by atoms with Crippen LogP contribution in [0, 0.1) is 12.8 Å². The van der Waals surface area contributed by atoms with E-state index in [1.165, 1.54) is 12.5 Å². The van der Waals surface area contributed by atoms with E-state index in [1.807, 2.05) is 37.3 Å². The van der Waals surface area contributed by atoms with Crippen molar-refractivity contribution in [2.24, 2.45) is 5.92 Å². The Morgan fingerprint density at radius 3 is 2.47 bits per heavy atom. The molecule has 3 unspecified atom stereocenters. The standard InChI is InChI=1S/C33H40O5/c1-7-8-9-10-23-18-27-29(25-17-21(3)13-16-26(25)32(5,6)36-27)30-28(23)31(35)38-33(37-30,19-22(4)34)24-14-11-20(2)12-15-24/h11-12,14-15,17-18,25-26H,7-10,13,16,19H2,1-6H3. The lowest BCUT2D eigenvalue weighted by Crippen LogP contribution is -2.47. The van der Waals surface area contributed by atoms with Gasteiger partial charge in [0.25, 0.3) is 5.79 Å². The third-order valence-corrected chi connectivity index (χ3v) is 8.46. The first-order valence-corrected chi connectivity index (χ1v) is 14.1. The third-order valence-electron chi connectivity index (χ3n) is 8.46. The highest BCUT2D eigenvalue weighted by molar-refractivity contribution is 5.97. The smallest absolute Gasteiger partial charge is 0.345 e. The number of benzene rings is 2. The number of aryl methyl sites for hydroxylation is 2. The van der Waals surface area contributed by atoms with Crippen LogP contribution < -0.4 is 9.47 Å². The van der Waals surface area contributed by atoms with Crippen molar-refractivity contribution < 1.29 is 23.8 Å². The topological polar surface area (TPSA) is 61.8 Å². The zero-order chi connectivity index (χ0) is 27.2. The van der Waals surface area contributed by atoms with E-state index < -0.39 is 11.8 Å². The number of rotatable bonds is 7. The summed E-state index contributed by atoms with van der Waals surface area (Å²) in [4.78, 5) is 26.5. The second kappa shape index (κ2) is 9.91. The first-order valence-electron chi connectivity index (χ1n) is 14.1. The lowest BCUT2D eigenvalue weighted by Gasteiger charge is -2.48. The van der Waals surface area contributed by atoms with E-state index >= 15 is 0 Å². The Labute approximate surface area is 226 Å². The summed E-state index contributed by atoms with van der Waals surface area (Å²) < 4.78 is 19.7. The number of cyclic esters (lactones) is 1. The summed E-state index contributed by atoms with van der Waals surface area (Å²) in [7, 11) is 0. The molecule has 5 heteroatoms. The maximum Gasteiger partial charge on any atom is 0.345 e. The highest BCUT2D eigenvalue weighted by atomic mass is 16.7. The van der Waals surface area contributed by atoms with Crippen LogP contribution in [-0.4, -0.2) is 17.4 Å². The number of hydrogen-bond donors (Lipinski definition) is 0. The molecule has 0 aromatic heterocycles. The van der Waals surface area contributed by atoms with Gasteiger partial charge in [-0.1, -0.05) is 61.2 Å². The van der Waals surface area contributed by atoms with Crippen LogP contribution in [0.5, 0.6) is 11.5 Å². The molecular weight excluding hydrogens is 476 g/mol. The molecule has 38 heavy (non-hydrogen) atoms. The molecule has 5 rings (SSSR count). The molecule has 0 bridgehead atoms. The van der Waals surface area contributed by atoms with E-state index in [0.717, 1.165) is 61.0 Å². The van der Waals surface area contributed by atoms with Gasteiger partial charge in [0.1, 0.15) is 28.4 Å². The molecule has 3 aliphatic rings. The van der Waals surface area contributed by atoms with Gasteiger partial charge >= 0.3 is 5.97 Å². The number of hydrogen-bond acceptors (Lipinski definition) is 5. The summed E-state index contributed by atoms with van der Waals surface area (Å²) in [5.41, 5.74) is 5.01. The van der Waals surface area contributed by atoms with Crippen molar-refractivity contribution in [3.63, 3.8) is 0 Å². The monoisotopic (exact) mass is 516 g/mol. The van der Waals surface area contributed by atoms with Crippen molar-refractivity contribution in [1.82, 2.24) is 0 Å². The molecule has 0 saturated heterocycles. The molecule has 0 amide bonds. The first kappa shape index (κ1) is 26.5. The van der Waals surface area contributed by atoms with E-state index in [4.69, 9.17) is 14.2 Å². The maximum atomic E-state index is 13.9. The largest absolute Gasteiger partial charge is 0.487 e. The lowest BCUT2D eigenvalue weighted by molar-refractivity contribution is -0.172. The molecule has 202 valence electrons. The summed E-state index contributed by atoms with van der Waals surface area (Å²) in [6, 6.07) is 9.74. The fourth-order valence-corrected chi connectivity index (χ4v) is 6.50. The number of Topliss-reactive ketones (excluding diaryl/α,β-unsaturated/α-hetero) is 1. The van der Waals surface area contributed by atoms with Gasteiger partial charge in [0, 0.05) is 23.0 Å². The molecule has 5 nitrogen and oxygen atoms in total. The van der Waals surface area contributed by atoms with Crippen molar-refractivity contribution >= 4 is 11.8 Å². The number of fused-ring (bicyclic) bond motifs is 5. The van der Waals surface area contributed by atoms with Crippen molar-refractivity contribution in [2.45, 2.75) is 104 Å². The molecule has 0 saturated carbocycles. The quantitative estimate of drug-likeness (QED) is 0.214. The van der Waals surface area contributed by atoms with Crippen LogP contribution >= 0.6 is 0 Å². The number of unbranched alkanes of at least 4 members (excludes halogenated alkanes) is 2. The Morgan fingerprint density at radius 2 is 1.79 bits per heavy atom. The van der Waals surface area contributed by atoms with Gasteiger partial charge in [-0.3, -0.25) is 4.79 Å². The predicted octanol–water partition coefficient (Wildman–Crippen LogP) is 7.72. The predicted molar refractivity (Wildman–Crippen MR) is 148 cm³/mol. The molecule has 2 aliphatic heterocycles. The Hall–Kier alpha value is -3.08. The molecule has 2 aromatic carbocycles. The zero-order valence-electron chi connectivity index (χ0n) is 23.6. The van der Waals surface area contributed by atoms with E-state index in [-0.39, 0.29) is 29.6 Å². The Bertz CT molecular complexity index is 1290. The molecule has 0 radical (unpaired) electrons. The van der Waals surface area contributed by atoms with Crippen molar-refractivity contribution in [3.8, 4) is 11.5 Å². The summed E-state index contributed by atoms with van der Waals surface area (Å²) in [6.45, 7) is 12.2. The van der Waals surface area contributed by atoms with Gasteiger partial charge < -0.3 is 14.2 Å². The summed E-state index contributed by atoms with van der Waals surface area (Å²) in [6.07, 6.45) is 8.15. The van der Waals surface area contributed by atoms with Crippen LogP contribution in [-0.2, 0) is 21.7 Å². The molecule has 0 spiro atoms. The minimum Gasteiger partial charge on any atom is -0.487 e. The van der Waals surface area contributed by atoms with E-state index in [0.29, 0.717) is 16.9 Å². The SMILES string of the molecule is CCCCCc1cc2c(c3c1C(=O)OC(CC(C)=O)(c1ccc(C)cc1)O3)C1C=C(C)CCC1C(C)(C)O2. The number of carbonyl (C=O) groups is 2. The number of ketones is 1. The van der Waals surface area contributed by atoms with Crippen LogP contribution in [0.25, 0.3) is 0 Å². The Kier molecular flexibility index (Phi) is 6.91. The molecule has 3 atom stereocenters. The van der Waals surface area contributed by atoms with Gasteiger partial charge in [0.05, 0.1) is 6.42 Å². The normalized spacial score (nSPS) is 25.1. The highest BCUT2D eigenvalue weighted by Gasteiger charge is 2.51. The minimum absolute atomic E-state index is 0.0555. The van der Waals surface area contributed by atoms with Crippen LogP contribution in [0.2, 0.25) is 0 Å². The first-order chi connectivity index (χ1) is 18.0. The second-order valence-electron chi connectivity index (χ2n) is 12.0. The molecule has 1 aliphatic carbocycles. The molecule has 0 fully saturated rings.